The number of hydrogen-bond acceptors (Lipinski definition) is 4. The van der Waals surface area contributed by atoms with Gasteiger partial charge in [0.1, 0.15) is 17.0 Å². The van der Waals surface area contributed by atoms with Crippen molar-refractivity contribution in [2.75, 3.05) is 5.32 Å². The average Bonchev–Trinajstić information content (AvgIpc) is 3.20. The monoisotopic (exact) mass is 445 g/mol. The Hall–Kier alpha value is -3.90. The molecule has 6 nitrogen and oxygen atoms in total. The van der Waals surface area contributed by atoms with Gasteiger partial charge in [-0.1, -0.05) is 77.4 Å². The van der Waals surface area contributed by atoms with Crippen LogP contribution < -0.4 is 10.6 Å². The molecule has 0 aliphatic heterocycles. The summed E-state index contributed by atoms with van der Waals surface area (Å²) in [4.78, 5) is 26.0. The van der Waals surface area contributed by atoms with Crippen LogP contribution in [0.15, 0.2) is 83.4 Å². The predicted molar refractivity (Wildman–Crippen MR) is 124 cm³/mol. The van der Waals surface area contributed by atoms with Crippen LogP contribution in [0.1, 0.15) is 32.0 Å². The first-order valence-corrected chi connectivity index (χ1v) is 10.4. The summed E-state index contributed by atoms with van der Waals surface area (Å²) >= 11 is 6.29. The van der Waals surface area contributed by atoms with E-state index in [-0.39, 0.29) is 11.5 Å². The third kappa shape index (κ3) is 4.55. The number of hydrogen-bond donors (Lipinski definition) is 2. The number of rotatable bonds is 6. The predicted octanol–water partition coefficient (Wildman–Crippen LogP) is 5.49. The maximum atomic E-state index is 13.2. The van der Waals surface area contributed by atoms with Gasteiger partial charge in [0.25, 0.3) is 11.8 Å². The molecule has 1 aromatic heterocycles. The molecule has 0 aliphatic rings. The fraction of sp³-hybridized carbons (Fsp3) is 0.0800. The second kappa shape index (κ2) is 9.49. The molecule has 160 valence electrons. The molecule has 0 aliphatic carbocycles. The SMILES string of the molecule is Cc1onc(-c2ccccc2Cl)c1C(=O)Nc1ccccc1C(=O)NCc1ccccc1. The molecule has 3 aromatic carbocycles. The van der Waals surface area contributed by atoms with Crippen molar-refractivity contribution in [1.29, 1.82) is 0 Å². The highest BCUT2D eigenvalue weighted by atomic mass is 35.5. The molecule has 0 fully saturated rings. The fourth-order valence-electron chi connectivity index (χ4n) is 3.33. The third-order valence-electron chi connectivity index (χ3n) is 4.93. The molecular weight excluding hydrogens is 426 g/mol. The second-order valence-electron chi connectivity index (χ2n) is 7.11. The van der Waals surface area contributed by atoms with Gasteiger partial charge in [0, 0.05) is 12.1 Å². The zero-order valence-corrected chi connectivity index (χ0v) is 18.0. The Labute approximate surface area is 190 Å². The van der Waals surface area contributed by atoms with E-state index < -0.39 is 5.91 Å². The molecule has 0 radical (unpaired) electrons. The molecular formula is C25H20ClN3O3. The number of aryl methyl sites for hydroxylation is 1. The van der Waals surface area contributed by atoms with E-state index in [4.69, 9.17) is 16.1 Å². The minimum Gasteiger partial charge on any atom is -0.360 e. The van der Waals surface area contributed by atoms with E-state index in [2.05, 4.69) is 15.8 Å². The molecule has 0 spiro atoms. The maximum absolute atomic E-state index is 13.2. The van der Waals surface area contributed by atoms with Gasteiger partial charge >= 0.3 is 0 Å². The molecule has 4 rings (SSSR count). The molecule has 2 amide bonds. The Bertz CT molecular complexity index is 1270. The lowest BCUT2D eigenvalue weighted by atomic mass is 10.0. The molecule has 7 heteroatoms. The van der Waals surface area contributed by atoms with E-state index in [1.807, 2.05) is 30.3 Å². The van der Waals surface area contributed by atoms with Crippen LogP contribution in [0.5, 0.6) is 0 Å². The second-order valence-corrected chi connectivity index (χ2v) is 7.52. The van der Waals surface area contributed by atoms with Crippen LogP contribution in [-0.2, 0) is 6.54 Å². The van der Waals surface area contributed by atoms with Crippen LogP contribution in [0.4, 0.5) is 5.69 Å². The largest absolute Gasteiger partial charge is 0.360 e. The number of nitrogens with one attached hydrogen (secondary N) is 2. The van der Waals surface area contributed by atoms with E-state index in [1.165, 1.54) is 0 Å². The van der Waals surface area contributed by atoms with Crippen molar-refractivity contribution in [2.45, 2.75) is 13.5 Å². The van der Waals surface area contributed by atoms with Crippen molar-refractivity contribution >= 4 is 29.1 Å². The minimum absolute atomic E-state index is 0.262. The van der Waals surface area contributed by atoms with Crippen molar-refractivity contribution in [1.82, 2.24) is 10.5 Å². The average molecular weight is 446 g/mol. The van der Waals surface area contributed by atoms with Crippen LogP contribution in [0.2, 0.25) is 5.02 Å². The Morgan fingerprint density at radius 1 is 0.906 bits per heavy atom. The summed E-state index contributed by atoms with van der Waals surface area (Å²) < 4.78 is 5.28. The Morgan fingerprint density at radius 3 is 2.38 bits per heavy atom. The molecule has 1 heterocycles. The lowest BCUT2D eigenvalue weighted by Gasteiger charge is -2.12. The first kappa shape index (κ1) is 21.3. The highest BCUT2D eigenvalue weighted by Gasteiger charge is 2.24. The third-order valence-corrected chi connectivity index (χ3v) is 5.26. The van der Waals surface area contributed by atoms with Crippen molar-refractivity contribution in [3.05, 3.63) is 106 Å². The van der Waals surface area contributed by atoms with Gasteiger partial charge in [0.05, 0.1) is 16.3 Å². The lowest BCUT2D eigenvalue weighted by Crippen LogP contribution is -2.25. The van der Waals surface area contributed by atoms with Gasteiger partial charge in [-0.2, -0.15) is 0 Å². The Morgan fingerprint density at radius 2 is 1.59 bits per heavy atom. The maximum Gasteiger partial charge on any atom is 0.261 e. The normalized spacial score (nSPS) is 10.6. The van der Waals surface area contributed by atoms with Crippen molar-refractivity contribution in [3.8, 4) is 11.3 Å². The van der Waals surface area contributed by atoms with Gasteiger partial charge in [-0.25, -0.2) is 0 Å². The summed E-state index contributed by atoms with van der Waals surface area (Å²) in [5.74, 6) is -0.386. The van der Waals surface area contributed by atoms with E-state index in [0.717, 1.165) is 5.56 Å². The topological polar surface area (TPSA) is 84.2 Å². The first-order valence-electron chi connectivity index (χ1n) is 9.98. The van der Waals surface area contributed by atoms with Crippen molar-refractivity contribution in [2.24, 2.45) is 0 Å². The van der Waals surface area contributed by atoms with Gasteiger partial charge in [0.15, 0.2) is 0 Å². The number of aromatic nitrogens is 1. The molecule has 4 aromatic rings. The van der Waals surface area contributed by atoms with Crippen LogP contribution in [0.3, 0.4) is 0 Å². The summed E-state index contributed by atoms with van der Waals surface area (Å²) in [5, 5.41) is 10.2. The standard InChI is InChI=1S/C25H20ClN3O3/c1-16-22(23(29-32-16)18-11-5-7-13-20(18)26)25(31)28-21-14-8-6-12-19(21)24(30)27-15-17-9-3-2-4-10-17/h2-14H,15H2,1H3,(H,27,30)(H,28,31). The number of anilines is 1. The van der Waals surface area contributed by atoms with Crippen molar-refractivity contribution < 1.29 is 14.1 Å². The zero-order chi connectivity index (χ0) is 22.5. The van der Waals surface area contributed by atoms with Crippen molar-refractivity contribution in [3.63, 3.8) is 0 Å². The number of amides is 2. The van der Waals surface area contributed by atoms with Crippen LogP contribution in [0.25, 0.3) is 11.3 Å². The number of nitrogens with zero attached hydrogens (tertiary/aromatic N) is 1. The minimum atomic E-state index is -0.443. The quantitative estimate of drug-likeness (QED) is 0.411. The Kier molecular flexibility index (Phi) is 6.33. The summed E-state index contributed by atoms with van der Waals surface area (Å²) in [6.45, 7) is 2.03. The van der Waals surface area contributed by atoms with E-state index in [1.54, 1.807) is 55.5 Å². The highest BCUT2D eigenvalue weighted by Crippen LogP contribution is 2.31. The molecule has 0 saturated carbocycles. The van der Waals surface area contributed by atoms with Crippen LogP contribution in [-0.4, -0.2) is 17.0 Å². The number of carbonyl (C=O) groups is 2. The molecule has 2 N–H and O–H groups in total. The van der Waals surface area contributed by atoms with E-state index >= 15 is 0 Å². The molecule has 32 heavy (non-hydrogen) atoms. The number of benzene rings is 3. The van der Waals surface area contributed by atoms with Gasteiger partial charge in [-0.3, -0.25) is 9.59 Å². The van der Waals surface area contributed by atoms with Gasteiger partial charge in [-0.05, 0) is 30.7 Å². The van der Waals surface area contributed by atoms with Gasteiger partial charge in [0.2, 0.25) is 0 Å². The van der Waals surface area contributed by atoms with E-state index in [9.17, 15) is 9.59 Å². The van der Waals surface area contributed by atoms with Crippen LogP contribution in [0, 0.1) is 6.92 Å². The molecule has 0 atom stereocenters. The number of carbonyl (C=O) groups excluding carboxylic acids is 2. The van der Waals surface area contributed by atoms with Gasteiger partial charge < -0.3 is 15.2 Å². The summed E-state index contributed by atoms with van der Waals surface area (Å²) in [6, 6.07) is 23.5. The van der Waals surface area contributed by atoms with Crippen LogP contribution >= 0.6 is 11.6 Å². The van der Waals surface area contributed by atoms with Gasteiger partial charge in [-0.15, -0.1) is 0 Å². The number of halogens is 1. The first-order chi connectivity index (χ1) is 15.5. The number of para-hydroxylation sites is 1. The smallest absolute Gasteiger partial charge is 0.261 e. The molecule has 0 bridgehead atoms. The molecule has 0 saturated heterocycles. The van der Waals surface area contributed by atoms with E-state index in [0.29, 0.717) is 39.8 Å². The highest BCUT2D eigenvalue weighted by molar-refractivity contribution is 6.33. The fourth-order valence-corrected chi connectivity index (χ4v) is 3.55. The lowest BCUT2D eigenvalue weighted by molar-refractivity contribution is 0.0952. The summed E-state index contributed by atoms with van der Waals surface area (Å²) in [5.41, 5.74) is 2.91. The Balaban J connectivity index is 1.57. The summed E-state index contributed by atoms with van der Waals surface area (Å²) in [6.07, 6.45) is 0. The summed E-state index contributed by atoms with van der Waals surface area (Å²) in [7, 11) is 0. The molecule has 0 unspecified atom stereocenters. The zero-order valence-electron chi connectivity index (χ0n) is 17.3.